The summed E-state index contributed by atoms with van der Waals surface area (Å²) in [7, 11) is 0. The Morgan fingerprint density at radius 2 is 1.97 bits per heavy atom. The molecule has 1 aliphatic heterocycles. The third-order valence-corrected chi connectivity index (χ3v) is 6.14. The number of hydrogen-bond acceptors (Lipinski definition) is 10. The van der Waals surface area contributed by atoms with E-state index in [4.69, 9.17) is 13.3 Å². The SMILES string of the molecule is N#Cc1nc(-c2ccco2)oc1N1CCN(C(=O)CSc2nncn2Cc2ccco2)CC1. The average molecular weight is 465 g/mol. The standard InChI is InChI=1S/C21H19N7O4S/c22-11-16-20(32-19(24-16)17-4-2-10-31-17)27-7-5-26(6-8-27)18(29)13-33-21-25-23-14-28(21)12-15-3-1-9-30-15/h1-4,9-10,14H,5-8,12-13H2. The van der Waals surface area contributed by atoms with Crippen LogP contribution in [-0.4, -0.2) is 62.5 Å². The number of carbonyl (C=O) groups excluding carboxylic acids is 1. The van der Waals surface area contributed by atoms with Crippen LogP contribution in [-0.2, 0) is 11.3 Å². The summed E-state index contributed by atoms with van der Waals surface area (Å²) in [6.07, 6.45) is 4.76. The molecule has 0 N–H and O–H groups in total. The van der Waals surface area contributed by atoms with E-state index in [0.29, 0.717) is 49.5 Å². The predicted octanol–water partition coefficient (Wildman–Crippen LogP) is 2.48. The van der Waals surface area contributed by atoms with E-state index in [1.807, 2.05) is 21.6 Å². The molecule has 0 bridgehead atoms. The Balaban J connectivity index is 1.16. The molecule has 11 nitrogen and oxygen atoms in total. The molecule has 0 radical (unpaired) electrons. The van der Waals surface area contributed by atoms with Gasteiger partial charge in [-0.15, -0.1) is 10.2 Å². The van der Waals surface area contributed by atoms with Crippen molar-refractivity contribution in [1.82, 2.24) is 24.6 Å². The van der Waals surface area contributed by atoms with Crippen LogP contribution in [0, 0.1) is 11.3 Å². The van der Waals surface area contributed by atoms with Gasteiger partial charge < -0.3 is 27.6 Å². The highest BCUT2D eigenvalue weighted by atomic mass is 32.2. The van der Waals surface area contributed by atoms with Gasteiger partial charge in [0.1, 0.15) is 18.2 Å². The third-order valence-electron chi connectivity index (χ3n) is 5.18. The Hall–Kier alpha value is -3.98. The second kappa shape index (κ2) is 9.25. The Bertz CT molecular complexity index is 1250. The van der Waals surface area contributed by atoms with Crippen LogP contribution in [0.4, 0.5) is 5.88 Å². The number of nitriles is 1. The molecule has 1 aliphatic rings. The lowest BCUT2D eigenvalue weighted by Crippen LogP contribution is -2.49. The topological polar surface area (TPSA) is 130 Å². The van der Waals surface area contributed by atoms with E-state index in [0.717, 1.165) is 5.76 Å². The van der Waals surface area contributed by atoms with Gasteiger partial charge in [0.25, 0.3) is 5.89 Å². The highest BCUT2D eigenvalue weighted by molar-refractivity contribution is 7.99. The number of rotatable bonds is 7. The van der Waals surface area contributed by atoms with Crippen molar-refractivity contribution in [2.45, 2.75) is 11.7 Å². The van der Waals surface area contributed by atoms with Gasteiger partial charge >= 0.3 is 0 Å². The lowest BCUT2D eigenvalue weighted by atomic mass is 10.3. The number of nitrogens with zero attached hydrogens (tertiary/aromatic N) is 7. The molecule has 33 heavy (non-hydrogen) atoms. The average Bonchev–Trinajstić information content (AvgIpc) is 3.65. The summed E-state index contributed by atoms with van der Waals surface area (Å²) in [5.74, 6) is 2.19. The first-order valence-corrected chi connectivity index (χ1v) is 11.2. The van der Waals surface area contributed by atoms with E-state index >= 15 is 0 Å². The predicted molar refractivity (Wildman–Crippen MR) is 116 cm³/mol. The Labute approximate surface area is 192 Å². The summed E-state index contributed by atoms with van der Waals surface area (Å²) in [6.45, 7) is 2.60. The molecule has 0 atom stereocenters. The molecule has 4 aromatic heterocycles. The van der Waals surface area contributed by atoms with E-state index < -0.39 is 0 Å². The molecule has 168 valence electrons. The molecule has 1 amide bonds. The first-order chi connectivity index (χ1) is 16.2. The number of furan rings is 2. The van der Waals surface area contributed by atoms with Crippen molar-refractivity contribution in [2.24, 2.45) is 0 Å². The number of thioether (sulfide) groups is 1. The van der Waals surface area contributed by atoms with Crippen LogP contribution in [0.5, 0.6) is 0 Å². The van der Waals surface area contributed by atoms with Crippen molar-refractivity contribution >= 4 is 23.6 Å². The summed E-state index contributed by atoms with van der Waals surface area (Å²) in [6, 6.07) is 9.23. The number of oxazole rings is 1. The minimum atomic E-state index is 0.0153. The number of carbonyl (C=O) groups is 1. The highest BCUT2D eigenvalue weighted by Gasteiger charge is 2.27. The minimum absolute atomic E-state index is 0.0153. The fraction of sp³-hybridized carbons (Fsp3) is 0.286. The van der Waals surface area contributed by atoms with Crippen LogP contribution in [0.3, 0.4) is 0 Å². The van der Waals surface area contributed by atoms with Crippen molar-refractivity contribution in [2.75, 3.05) is 36.8 Å². The molecule has 4 aromatic rings. The number of anilines is 1. The highest BCUT2D eigenvalue weighted by Crippen LogP contribution is 2.29. The molecule has 12 heteroatoms. The largest absolute Gasteiger partial charge is 0.467 e. The van der Waals surface area contributed by atoms with E-state index in [9.17, 15) is 10.1 Å². The van der Waals surface area contributed by atoms with Crippen molar-refractivity contribution in [3.8, 4) is 17.7 Å². The molecule has 1 fully saturated rings. The zero-order valence-corrected chi connectivity index (χ0v) is 18.3. The Morgan fingerprint density at radius 1 is 1.15 bits per heavy atom. The Morgan fingerprint density at radius 3 is 2.70 bits per heavy atom. The van der Waals surface area contributed by atoms with Crippen molar-refractivity contribution in [3.05, 3.63) is 54.6 Å². The molecule has 0 unspecified atom stereocenters. The lowest BCUT2D eigenvalue weighted by Gasteiger charge is -2.34. The van der Waals surface area contributed by atoms with Gasteiger partial charge in [0, 0.05) is 26.2 Å². The summed E-state index contributed by atoms with van der Waals surface area (Å²) in [5.41, 5.74) is 0.202. The maximum absolute atomic E-state index is 12.8. The van der Waals surface area contributed by atoms with Gasteiger partial charge in [-0.05, 0) is 24.3 Å². The van der Waals surface area contributed by atoms with Crippen molar-refractivity contribution in [3.63, 3.8) is 0 Å². The normalized spacial score (nSPS) is 13.9. The third kappa shape index (κ3) is 4.49. The number of amides is 1. The molecule has 0 spiro atoms. The van der Waals surface area contributed by atoms with E-state index in [1.54, 1.807) is 29.6 Å². The van der Waals surface area contributed by atoms with Crippen molar-refractivity contribution < 1.29 is 18.0 Å². The first kappa shape index (κ1) is 20.9. The second-order valence-corrected chi connectivity index (χ2v) is 8.18. The molecular weight excluding hydrogens is 446 g/mol. The van der Waals surface area contributed by atoms with Crippen LogP contribution in [0.2, 0.25) is 0 Å². The maximum atomic E-state index is 12.8. The summed E-state index contributed by atoms with van der Waals surface area (Å²) < 4.78 is 18.3. The van der Waals surface area contributed by atoms with Gasteiger partial charge in [-0.3, -0.25) is 4.79 Å². The van der Waals surface area contributed by atoms with Gasteiger partial charge in [-0.2, -0.15) is 10.2 Å². The van der Waals surface area contributed by atoms with Crippen LogP contribution in [0.25, 0.3) is 11.7 Å². The summed E-state index contributed by atoms with van der Waals surface area (Å²) in [5, 5.41) is 18.2. The van der Waals surface area contributed by atoms with Gasteiger partial charge in [-0.1, -0.05) is 11.8 Å². The van der Waals surface area contributed by atoms with Crippen LogP contribution in [0.1, 0.15) is 11.5 Å². The van der Waals surface area contributed by atoms with Gasteiger partial charge in [0.05, 0.1) is 24.8 Å². The molecular formula is C21H19N7O4S. The van der Waals surface area contributed by atoms with E-state index in [2.05, 4.69) is 21.3 Å². The van der Waals surface area contributed by atoms with Gasteiger partial charge in [0.15, 0.2) is 10.9 Å². The smallest absolute Gasteiger partial charge is 0.266 e. The van der Waals surface area contributed by atoms with Crippen molar-refractivity contribution in [1.29, 1.82) is 5.26 Å². The number of piperazine rings is 1. The zero-order valence-electron chi connectivity index (χ0n) is 17.5. The zero-order chi connectivity index (χ0) is 22.6. The van der Waals surface area contributed by atoms with E-state index in [1.165, 1.54) is 18.0 Å². The van der Waals surface area contributed by atoms with Crippen LogP contribution < -0.4 is 4.90 Å². The quantitative estimate of drug-likeness (QED) is 0.375. The molecule has 5 heterocycles. The van der Waals surface area contributed by atoms with Crippen LogP contribution >= 0.6 is 11.8 Å². The number of aromatic nitrogens is 4. The molecule has 5 rings (SSSR count). The lowest BCUT2D eigenvalue weighted by molar-refractivity contribution is -0.128. The Kier molecular flexibility index (Phi) is 5.86. The molecule has 0 saturated carbocycles. The molecule has 0 aliphatic carbocycles. The summed E-state index contributed by atoms with van der Waals surface area (Å²) in [4.78, 5) is 20.7. The van der Waals surface area contributed by atoms with E-state index in [-0.39, 0.29) is 23.2 Å². The van der Waals surface area contributed by atoms with Crippen LogP contribution in [0.15, 0.2) is 61.5 Å². The first-order valence-electron chi connectivity index (χ1n) is 10.2. The second-order valence-electron chi connectivity index (χ2n) is 7.24. The van der Waals surface area contributed by atoms with Gasteiger partial charge in [-0.25, -0.2) is 0 Å². The molecule has 1 saturated heterocycles. The fourth-order valence-corrected chi connectivity index (χ4v) is 4.33. The maximum Gasteiger partial charge on any atom is 0.266 e. The number of hydrogen-bond donors (Lipinski definition) is 0. The molecule has 0 aromatic carbocycles. The minimum Gasteiger partial charge on any atom is -0.467 e. The van der Waals surface area contributed by atoms with Gasteiger partial charge in [0.2, 0.25) is 17.5 Å². The monoisotopic (exact) mass is 465 g/mol. The summed E-state index contributed by atoms with van der Waals surface area (Å²) >= 11 is 1.34. The fourth-order valence-electron chi connectivity index (χ4n) is 3.52.